The highest BCUT2D eigenvalue weighted by atomic mass is 28.4. The SMILES string of the molecule is COc1ccc(O[C@@H]2[C@@H](OCOCc3ccccc3)[C@H](OC(C)=O)[C@H](OCOCc3ccccc3)[C@H](OCc3ccccc3)[C@H]2O[Si](C(C)C)(C(C)C)C(C)C)cc1. The molecule has 4 aromatic rings. The van der Waals surface area contributed by atoms with Gasteiger partial charge >= 0.3 is 5.97 Å². The lowest BCUT2D eigenvalue weighted by atomic mass is 9.84. The van der Waals surface area contributed by atoms with Gasteiger partial charge in [-0.2, -0.15) is 0 Å². The molecule has 1 saturated carbocycles. The lowest BCUT2D eigenvalue weighted by Crippen LogP contribution is -2.71. The largest absolute Gasteiger partial charge is 0.497 e. The highest BCUT2D eigenvalue weighted by Gasteiger charge is 2.60. The Kier molecular flexibility index (Phi) is 17.3. The van der Waals surface area contributed by atoms with Crippen LogP contribution < -0.4 is 9.47 Å². The maximum atomic E-state index is 13.1. The summed E-state index contributed by atoms with van der Waals surface area (Å²) in [5.74, 6) is 0.725. The molecule has 6 atom stereocenters. The molecule has 1 aliphatic carbocycles. The summed E-state index contributed by atoms with van der Waals surface area (Å²) in [7, 11) is -1.06. The van der Waals surface area contributed by atoms with E-state index in [1.54, 1.807) is 7.11 Å². The quantitative estimate of drug-likeness (QED) is 0.0330. The van der Waals surface area contributed by atoms with Gasteiger partial charge in [-0.3, -0.25) is 4.79 Å². The molecule has 0 unspecified atom stereocenters. The van der Waals surface area contributed by atoms with Crippen molar-refractivity contribution in [2.24, 2.45) is 0 Å². The van der Waals surface area contributed by atoms with Crippen LogP contribution in [-0.4, -0.2) is 71.6 Å². The second kappa shape index (κ2) is 22.3. The Morgan fingerprint density at radius 1 is 0.517 bits per heavy atom. The minimum absolute atomic E-state index is 0.114. The van der Waals surface area contributed by atoms with E-state index in [1.807, 2.05) is 115 Å². The first kappa shape index (κ1) is 45.0. The number of hydrogen-bond acceptors (Lipinski definition) is 10. The molecule has 10 nitrogen and oxygen atoms in total. The standard InChI is InChI=1S/C47H62O10Si/c1-33(2)58(34(3)4,35(5)6)57-47-43(52-30-39-22-16-11-17-23-39)42(53-31-50-28-37-18-12-9-13-19-37)45(55-36(7)48)44(54-32-51-29-38-20-14-10-15-21-38)46(47)56-41-26-24-40(49-8)25-27-41/h9-27,33-35,42-47H,28-32H2,1-8H3/t42-,43+,44+,45-,46-,47-/m1/s1. The van der Waals surface area contributed by atoms with E-state index in [9.17, 15) is 4.79 Å². The number of carbonyl (C=O) groups excluding carboxylic acids is 1. The van der Waals surface area contributed by atoms with Crippen LogP contribution in [0.25, 0.3) is 0 Å². The van der Waals surface area contributed by atoms with Gasteiger partial charge in [0.1, 0.15) is 49.5 Å². The molecule has 1 fully saturated rings. The van der Waals surface area contributed by atoms with E-state index in [-0.39, 0.29) is 36.8 Å². The highest BCUT2D eigenvalue weighted by Crippen LogP contribution is 2.46. The third-order valence-electron chi connectivity index (χ3n) is 10.8. The van der Waals surface area contributed by atoms with Crippen molar-refractivity contribution in [1.29, 1.82) is 0 Å². The molecule has 4 aromatic carbocycles. The smallest absolute Gasteiger partial charge is 0.303 e. The summed E-state index contributed by atoms with van der Waals surface area (Å²) >= 11 is 0. The fourth-order valence-corrected chi connectivity index (χ4v) is 13.8. The molecule has 0 aromatic heterocycles. The van der Waals surface area contributed by atoms with E-state index in [4.69, 9.17) is 42.3 Å². The second-order valence-electron chi connectivity index (χ2n) is 15.7. The van der Waals surface area contributed by atoms with Crippen molar-refractivity contribution in [2.75, 3.05) is 20.7 Å². The van der Waals surface area contributed by atoms with Crippen molar-refractivity contribution in [3.05, 3.63) is 132 Å². The van der Waals surface area contributed by atoms with Crippen LogP contribution in [0.4, 0.5) is 0 Å². The number of benzene rings is 4. The second-order valence-corrected chi connectivity index (χ2v) is 21.1. The zero-order valence-electron chi connectivity index (χ0n) is 35.3. The molecular weight excluding hydrogens is 753 g/mol. The zero-order chi connectivity index (χ0) is 41.5. The van der Waals surface area contributed by atoms with E-state index in [2.05, 4.69) is 41.5 Å². The lowest BCUT2D eigenvalue weighted by Gasteiger charge is -2.53. The molecule has 0 heterocycles. The van der Waals surface area contributed by atoms with Gasteiger partial charge in [-0.25, -0.2) is 0 Å². The zero-order valence-corrected chi connectivity index (χ0v) is 36.3. The Hall–Kier alpha value is -4.07. The van der Waals surface area contributed by atoms with E-state index in [0.717, 1.165) is 16.7 Å². The normalized spacial score (nSPS) is 21.0. The lowest BCUT2D eigenvalue weighted by molar-refractivity contribution is -0.279. The molecular formula is C47H62O10Si. The molecule has 0 saturated heterocycles. The molecule has 314 valence electrons. The summed E-state index contributed by atoms with van der Waals surface area (Å²) < 4.78 is 59.0. The van der Waals surface area contributed by atoms with Gasteiger partial charge in [0.2, 0.25) is 8.32 Å². The van der Waals surface area contributed by atoms with Crippen molar-refractivity contribution < 1.29 is 47.1 Å². The van der Waals surface area contributed by atoms with Gasteiger partial charge in [0, 0.05) is 6.92 Å². The summed E-state index contributed by atoms with van der Waals surface area (Å²) in [5, 5.41) is 0. The number of rotatable bonds is 22. The molecule has 5 rings (SSSR count). The molecule has 0 N–H and O–H groups in total. The first-order valence-electron chi connectivity index (χ1n) is 20.3. The summed E-state index contributed by atoms with van der Waals surface area (Å²) in [4.78, 5) is 13.1. The van der Waals surface area contributed by atoms with Crippen molar-refractivity contribution >= 4 is 14.3 Å². The van der Waals surface area contributed by atoms with Crippen LogP contribution in [0.3, 0.4) is 0 Å². The fourth-order valence-electron chi connectivity index (χ4n) is 8.23. The van der Waals surface area contributed by atoms with E-state index < -0.39 is 50.9 Å². The Morgan fingerprint density at radius 2 is 0.931 bits per heavy atom. The van der Waals surface area contributed by atoms with Gasteiger partial charge in [-0.05, 0) is 57.6 Å². The van der Waals surface area contributed by atoms with Crippen LogP contribution in [0.5, 0.6) is 11.5 Å². The minimum Gasteiger partial charge on any atom is -0.497 e. The number of methoxy groups -OCH3 is 1. The molecule has 0 spiro atoms. The van der Waals surface area contributed by atoms with Crippen LogP contribution in [0.1, 0.15) is 65.2 Å². The maximum Gasteiger partial charge on any atom is 0.303 e. The summed E-state index contributed by atoms with van der Waals surface area (Å²) in [6.45, 7) is 15.5. The Balaban J connectivity index is 1.62. The number of esters is 1. The first-order chi connectivity index (χ1) is 28.0. The molecule has 0 aliphatic heterocycles. The monoisotopic (exact) mass is 814 g/mol. The molecule has 58 heavy (non-hydrogen) atoms. The number of carbonyl (C=O) groups is 1. The average molecular weight is 815 g/mol. The molecule has 11 heteroatoms. The Labute approximate surface area is 346 Å². The Morgan fingerprint density at radius 3 is 1.36 bits per heavy atom. The van der Waals surface area contributed by atoms with Crippen molar-refractivity contribution in [1.82, 2.24) is 0 Å². The van der Waals surface area contributed by atoms with Crippen molar-refractivity contribution in [3.8, 4) is 11.5 Å². The van der Waals surface area contributed by atoms with Crippen LogP contribution in [0.15, 0.2) is 115 Å². The predicted octanol–water partition coefficient (Wildman–Crippen LogP) is 9.65. The molecule has 0 bridgehead atoms. The number of hydrogen-bond donors (Lipinski definition) is 0. The van der Waals surface area contributed by atoms with Gasteiger partial charge in [-0.15, -0.1) is 0 Å². The third kappa shape index (κ3) is 12.0. The van der Waals surface area contributed by atoms with Crippen molar-refractivity contribution in [2.45, 2.75) is 122 Å². The van der Waals surface area contributed by atoms with E-state index in [1.165, 1.54) is 6.92 Å². The van der Waals surface area contributed by atoms with Crippen molar-refractivity contribution in [3.63, 3.8) is 0 Å². The van der Waals surface area contributed by atoms with Crippen LogP contribution in [0, 0.1) is 0 Å². The van der Waals surface area contributed by atoms with Crippen LogP contribution >= 0.6 is 0 Å². The summed E-state index contributed by atoms with van der Waals surface area (Å²) in [6.07, 6.45) is -5.26. The summed E-state index contributed by atoms with van der Waals surface area (Å²) in [5.41, 5.74) is 3.61. The van der Waals surface area contributed by atoms with Gasteiger partial charge in [0.25, 0.3) is 0 Å². The van der Waals surface area contributed by atoms with E-state index in [0.29, 0.717) is 24.7 Å². The predicted molar refractivity (Wildman–Crippen MR) is 226 cm³/mol. The van der Waals surface area contributed by atoms with E-state index >= 15 is 0 Å². The summed E-state index contributed by atoms with van der Waals surface area (Å²) in [6, 6.07) is 37.0. The highest BCUT2D eigenvalue weighted by molar-refractivity contribution is 6.77. The number of ether oxygens (including phenoxy) is 8. The average Bonchev–Trinajstić information content (AvgIpc) is 3.22. The van der Waals surface area contributed by atoms with Gasteiger partial charge < -0.3 is 42.3 Å². The van der Waals surface area contributed by atoms with Gasteiger partial charge in [0.05, 0.1) is 26.9 Å². The Bertz CT molecular complexity index is 1740. The molecule has 0 amide bonds. The molecule has 0 radical (unpaired) electrons. The molecule has 1 aliphatic rings. The van der Waals surface area contributed by atoms with Crippen LogP contribution in [-0.2, 0) is 57.5 Å². The van der Waals surface area contributed by atoms with Gasteiger partial charge in [0.15, 0.2) is 12.2 Å². The minimum atomic E-state index is -2.68. The maximum absolute atomic E-state index is 13.1. The first-order valence-corrected chi connectivity index (χ1v) is 22.4. The fraction of sp³-hybridized carbons (Fsp3) is 0.468. The third-order valence-corrected chi connectivity index (χ3v) is 16.9. The van der Waals surface area contributed by atoms with Crippen LogP contribution in [0.2, 0.25) is 16.6 Å². The topological polar surface area (TPSA) is 100 Å². The van der Waals surface area contributed by atoms with Gasteiger partial charge in [-0.1, -0.05) is 133 Å².